The van der Waals surface area contributed by atoms with E-state index in [2.05, 4.69) is 54.5 Å². The molecule has 5 heterocycles. The van der Waals surface area contributed by atoms with Gasteiger partial charge in [-0.2, -0.15) is 0 Å². The summed E-state index contributed by atoms with van der Waals surface area (Å²) >= 11 is 0. The second-order valence-corrected chi connectivity index (χ2v) is 28.6. The van der Waals surface area contributed by atoms with E-state index in [1.54, 1.807) is 6.92 Å². The van der Waals surface area contributed by atoms with E-state index >= 15 is 4.79 Å². The zero-order valence-corrected chi connectivity index (χ0v) is 49.8. The van der Waals surface area contributed by atoms with Crippen molar-refractivity contribution >= 4 is 5.97 Å². The molecule has 32 atom stereocenters. The molecule has 0 radical (unpaired) electrons. The number of aliphatic hydroxyl groups is 15. The molecule has 5 saturated heterocycles. The average Bonchev–Trinajstić information content (AvgIpc) is 0.709. The van der Waals surface area contributed by atoms with Gasteiger partial charge in [0.1, 0.15) is 110 Å². The van der Waals surface area contributed by atoms with E-state index in [9.17, 15) is 76.6 Å². The molecule has 0 amide bonds. The normalized spacial score (nSPS) is 54.1. The van der Waals surface area contributed by atoms with Crippen LogP contribution in [0.4, 0.5) is 0 Å². The number of carbonyl (C=O) groups is 1. The fourth-order valence-corrected chi connectivity index (χ4v) is 17.7. The molecule has 10 rings (SSSR count). The zero-order valence-electron chi connectivity index (χ0n) is 49.8. The average molecular weight is 1220 g/mol. The summed E-state index contributed by atoms with van der Waals surface area (Å²) in [6, 6.07) is 0. The molecule has 27 unspecified atom stereocenters. The van der Waals surface area contributed by atoms with E-state index in [-0.39, 0.29) is 46.0 Å². The van der Waals surface area contributed by atoms with Crippen LogP contribution in [0, 0.1) is 50.2 Å². The SMILES string of the molecule is CC1OC(O[C@H]2CC[C@@]3(C)C(CC[C@]4(C)C3CC=C3C5CC(C)(C)CC[C@]5(C(=O)OC5OC(CO)C(OC6OCC(O)C(O)C6O)C(O)C5O)CC[C@]34C)C2(C)C)C(O)C(O)C1OC1OC(CO)C(O)C(OC2OC(CO)C(O)C(O)C2O)C1O. The van der Waals surface area contributed by atoms with Crippen LogP contribution in [0.2, 0.25) is 0 Å². The van der Waals surface area contributed by atoms with Gasteiger partial charge in [-0.1, -0.05) is 60.1 Å². The van der Waals surface area contributed by atoms with E-state index in [1.807, 2.05) is 0 Å². The largest absolute Gasteiger partial charge is 0.432 e. The number of hydrogen-bond donors (Lipinski definition) is 15. The number of rotatable bonds is 13. The van der Waals surface area contributed by atoms with Gasteiger partial charge in [0.15, 0.2) is 25.2 Å². The highest BCUT2D eigenvalue weighted by molar-refractivity contribution is 5.79. The van der Waals surface area contributed by atoms with Crippen LogP contribution < -0.4 is 0 Å². The van der Waals surface area contributed by atoms with Crippen LogP contribution in [0.15, 0.2) is 11.6 Å². The first kappa shape index (κ1) is 66.2. The van der Waals surface area contributed by atoms with Crippen LogP contribution in [0.3, 0.4) is 0 Å². The first-order valence-electron chi connectivity index (χ1n) is 30.6. The molecular weight excluding hydrogens is 1120 g/mol. The number of ether oxygens (including phenoxy) is 10. The zero-order chi connectivity index (χ0) is 62.0. The molecule has 488 valence electrons. The van der Waals surface area contributed by atoms with Crippen molar-refractivity contribution in [3.8, 4) is 0 Å². The molecule has 0 aromatic carbocycles. The first-order chi connectivity index (χ1) is 39.8. The topological polar surface area (TPSA) is 413 Å². The van der Waals surface area contributed by atoms with Gasteiger partial charge in [0.2, 0.25) is 6.29 Å². The number of aliphatic hydroxyl groups excluding tert-OH is 15. The second kappa shape index (κ2) is 24.4. The van der Waals surface area contributed by atoms with Crippen molar-refractivity contribution in [3.63, 3.8) is 0 Å². The molecule has 9 fully saturated rings. The number of fused-ring (bicyclic) bond motifs is 7. The van der Waals surface area contributed by atoms with Gasteiger partial charge in [0, 0.05) is 0 Å². The Bertz CT molecular complexity index is 2360. The lowest BCUT2D eigenvalue weighted by Crippen LogP contribution is -2.67. The van der Waals surface area contributed by atoms with Crippen LogP contribution in [-0.4, -0.2) is 263 Å². The van der Waals surface area contributed by atoms with Gasteiger partial charge in [-0.3, -0.25) is 4.79 Å². The fourth-order valence-electron chi connectivity index (χ4n) is 17.7. The van der Waals surface area contributed by atoms with E-state index in [0.717, 1.165) is 32.1 Å². The summed E-state index contributed by atoms with van der Waals surface area (Å²) < 4.78 is 59.2. The summed E-state index contributed by atoms with van der Waals surface area (Å²) in [4.78, 5) is 15.1. The predicted octanol–water partition coefficient (Wildman–Crippen LogP) is -2.54. The minimum Gasteiger partial charge on any atom is -0.432 e. The highest BCUT2D eigenvalue weighted by atomic mass is 16.8. The lowest BCUT2D eigenvalue weighted by Gasteiger charge is -2.71. The number of allylic oxidation sites excluding steroid dienone is 2. The van der Waals surface area contributed by atoms with Crippen molar-refractivity contribution in [1.82, 2.24) is 0 Å². The van der Waals surface area contributed by atoms with Gasteiger partial charge < -0.3 is 124 Å². The lowest BCUT2D eigenvalue weighted by molar-refractivity contribution is -0.382. The minimum absolute atomic E-state index is 0.129. The molecule has 15 N–H and O–H groups in total. The van der Waals surface area contributed by atoms with Crippen molar-refractivity contribution < 1.29 is 129 Å². The second-order valence-electron chi connectivity index (χ2n) is 28.6. The molecule has 0 spiro atoms. The number of esters is 1. The third-order valence-electron chi connectivity index (χ3n) is 23.1. The van der Waals surface area contributed by atoms with Crippen molar-refractivity contribution in [3.05, 3.63) is 11.6 Å². The van der Waals surface area contributed by atoms with Crippen molar-refractivity contribution in [1.29, 1.82) is 0 Å². The summed E-state index contributed by atoms with van der Waals surface area (Å²) in [5, 5.41) is 161. The summed E-state index contributed by atoms with van der Waals surface area (Å²) in [5.41, 5.74) is -1.09. The maximum Gasteiger partial charge on any atom is 0.315 e. The molecule has 0 bridgehead atoms. The predicted molar refractivity (Wildman–Crippen MR) is 288 cm³/mol. The summed E-state index contributed by atoms with van der Waals surface area (Å²) in [6.07, 6.45) is -29.5. The Hall–Kier alpha value is -1.75. The van der Waals surface area contributed by atoms with Crippen LogP contribution in [0.1, 0.15) is 120 Å². The Morgan fingerprint density at radius 1 is 0.529 bits per heavy atom. The van der Waals surface area contributed by atoms with Crippen molar-refractivity contribution in [2.24, 2.45) is 50.2 Å². The molecule has 4 saturated carbocycles. The third-order valence-corrected chi connectivity index (χ3v) is 23.1. The summed E-state index contributed by atoms with van der Waals surface area (Å²) in [5.74, 6) is -0.419. The van der Waals surface area contributed by atoms with Crippen LogP contribution in [-0.2, 0) is 52.2 Å². The van der Waals surface area contributed by atoms with E-state index < -0.39 is 190 Å². The molecule has 0 aromatic heterocycles. The Balaban J connectivity index is 0.809. The van der Waals surface area contributed by atoms with Crippen LogP contribution in [0.5, 0.6) is 0 Å². The fraction of sp³-hybridized carbons (Fsp3) is 0.949. The number of hydrogen-bond acceptors (Lipinski definition) is 26. The quantitative estimate of drug-likeness (QED) is 0.0513. The van der Waals surface area contributed by atoms with Gasteiger partial charge >= 0.3 is 5.97 Å². The lowest BCUT2D eigenvalue weighted by atomic mass is 9.33. The smallest absolute Gasteiger partial charge is 0.315 e. The molecule has 5 aliphatic carbocycles. The molecule has 10 aliphatic rings. The van der Waals surface area contributed by atoms with Gasteiger partial charge in [0.05, 0.1) is 44.1 Å². The molecule has 0 aromatic rings. The minimum atomic E-state index is -1.89. The van der Waals surface area contributed by atoms with Crippen LogP contribution in [0.25, 0.3) is 0 Å². The van der Waals surface area contributed by atoms with Gasteiger partial charge in [-0.15, -0.1) is 0 Å². The van der Waals surface area contributed by atoms with Gasteiger partial charge in [-0.05, 0) is 116 Å². The summed E-state index contributed by atoms with van der Waals surface area (Å²) in [7, 11) is 0. The Labute approximate surface area is 494 Å². The third kappa shape index (κ3) is 11.1. The maximum absolute atomic E-state index is 15.1. The van der Waals surface area contributed by atoms with Gasteiger partial charge in [0.25, 0.3) is 0 Å². The van der Waals surface area contributed by atoms with E-state index in [4.69, 9.17) is 47.4 Å². The maximum atomic E-state index is 15.1. The summed E-state index contributed by atoms with van der Waals surface area (Å²) in [6.45, 7) is 14.9. The Morgan fingerprint density at radius 2 is 1.08 bits per heavy atom. The molecule has 5 aliphatic heterocycles. The first-order valence-corrected chi connectivity index (χ1v) is 30.6. The van der Waals surface area contributed by atoms with E-state index in [1.165, 1.54) is 5.57 Å². The Kier molecular flexibility index (Phi) is 19.0. The molecular formula is C59H96O26. The van der Waals surface area contributed by atoms with Crippen molar-refractivity contribution in [2.75, 3.05) is 26.4 Å². The molecule has 26 nitrogen and oxygen atoms in total. The standard InChI is InChI=1S/C59H96O26/c1-24-45(82-52-44(74)47(36(66)29(21-61)79-52)84-50-41(71)37(67)35(65)28(20-60)78-50)38(68)42(72)49(77-24)81-33-12-13-56(6)31(55(33,4)5)11-14-58(8)32(56)10-9-25-26-19-54(2,3)15-17-59(26,18-16-57(25,58)7)53(75)85-51-43(73)39(69)46(30(22-62)80-51)83-48-40(70)34(64)27(63)23-76-48/h9,24,26-52,60-74H,10-23H2,1-8H3/t24?,26?,27?,28?,29?,30?,31?,32?,33-,34?,35?,36?,37?,38?,39?,40?,41?,42?,43?,44?,45?,46?,47?,48?,49?,50?,51?,52?,56-,57+,58+,59-/m0/s1. The molecule has 85 heavy (non-hydrogen) atoms. The Morgan fingerprint density at radius 3 is 1.75 bits per heavy atom. The molecule has 26 heteroatoms. The highest BCUT2D eigenvalue weighted by Gasteiger charge is 2.70. The number of carbonyl (C=O) groups excluding carboxylic acids is 1. The monoisotopic (exact) mass is 1220 g/mol. The van der Waals surface area contributed by atoms with Crippen molar-refractivity contribution in [2.45, 2.75) is 273 Å². The highest BCUT2D eigenvalue weighted by Crippen LogP contribution is 2.76. The van der Waals surface area contributed by atoms with Crippen LogP contribution >= 0.6 is 0 Å². The van der Waals surface area contributed by atoms with E-state index in [0.29, 0.717) is 32.1 Å². The van der Waals surface area contributed by atoms with Gasteiger partial charge in [-0.25, -0.2) is 0 Å².